The van der Waals surface area contributed by atoms with E-state index in [1.54, 1.807) is 36.4 Å². The number of aromatic nitrogens is 2. The molecule has 1 aromatic heterocycles. The van der Waals surface area contributed by atoms with Crippen molar-refractivity contribution >= 4 is 32.4 Å². The van der Waals surface area contributed by atoms with Gasteiger partial charge in [-0.3, -0.25) is 9.59 Å². The van der Waals surface area contributed by atoms with E-state index >= 15 is 0 Å². The summed E-state index contributed by atoms with van der Waals surface area (Å²) in [4.78, 5) is 25.3. The largest absolute Gasteiger partial charge is 0.321 e. The number of hydrogen-bond donors (Lipinski definition) is 1. The monoisotopic (exact) mass is 440 g/mol. The van der Waals surface area contributed by atoms with Gasteiger partial charge in [0.25, 0.3) is 11.5 Å². The summed E-state index contributed by atoms with van der Waals surface area (Å²) in [5.74, 6) is 0.0543. The van der Waals surface area contributed by atoms with Crippen LogP contribution in [0.4, 0.5) is 5.69 Å². The Morgan fingerprint density at radius 1 is 1.03 bits per heavy atom. The van der Waals surface area contributed by atoms with E-state index in [-0.39, 0.29) is 16.1 Å². The van der Waals surface area contributed by atoms with Crippen LogP contribution in [-0.2, 0) is 17.1 Å². The van der Waals surface area contributed by atoms with E-state index in [4.69, 9.17) is 0 Å². The second kappa shape index (κ2) is 8.24. The van der Waals surface area contributed by atoms with Crippen LogP contribution < -0.4 is 10.9 Å². The lowest BCUT2D eigenvalue weighted by atomic mass is 10.0. The van der Waals surface area contributed by atoms with E-state index in [2.05, 4.69) is 17.3 Å². The number of aryl methyl sites for hydroxylation is 1. The van der Waals surface area contributed by atoms with Gasteiger partial charge in [0.15, 0.2) is 5.69 Å². The standard InChI is InChI=1S/C22H24N4O4S/c1-15-11-13-26(14-12-15)31(29,30)17-9-7-16(8-10-17)23-21(27)20-18-5-3-4-6-19(18)22(28)25(2)24-20/h3-10,15H,11-14H2,1-2H3,(H,23,27). The first-order valence-corrected chi connectivity index (χ1v) is 11.6. The minimum absolute atomic E-state index is 0.122. The van der Waals surface area contributed by atoms with E-state index in [1.165, 1.54) is 23.5 Å². The molecule has 0 bridgehead atoms. The fraction of sp³-hybridized carbons (Fsp3) is 0.318. The first-order chi connectivity index (χ1) is 14.8. The van der Waals surface area contributed by atoms with Crippen LogP contribution in [-0.4, -0.2) is 41.5 Å². The van der Waals surface area contributed by atoms with Crippen LogP contribution in [0.5, 0.6) is 0 Å². The molecule has 0 radical (unpaired) electrons. The zero-order valence-electron chi connectivity index (χ0n) is 17.4. The summed E-state index contributed by atoms with van der Waals surface area (Å²) in [6, 6.07) is 12.9. The second-order valence-electron chi connectivity index (χ2n) is 7.89. The van der Waals surface area contributed by atoms with Crippen molar-refractivity contribution in [2.45, 2.75) is 24.7 Å². The number of hydrogen-bond acceptors (Lipinski definition) is 5. The molecule has 1 fully saturated rings. The number of nitrogens with zero attached hydrogens (tertiary/aromatic N) is 3. The molecule has 0 spiro atoms. The van der Waals surface area contributed by atoms with Crippen LogP contribution in [0.25, 0.3) is 10.8 Å². The van der Waals surface area contributed by atoms with Gasteiger partial charge in [-0.05, 0) is 49.1 Å². The summed E-state index contributed by atoms with van der Waals surface area (Å²) in [6.45, 7) is 3.17. The molecular weight excluding hydrogens is 416 g/mol. The summed E-state index contributed by atoms with van der Waals surface area (Å²) < 4.78 is 28.4. The minimum Gasteiger partial charge on any atom is -0.321 e. The summed E-state index contributed by atoms with van der Waals surface area (Å²) in [5, 5.41) is 7.71. The molecular formula is C22H24N4O4S. The van der Waals surface area contributed by atoms with E-state index in [1.807, 2.05) is 0 Å². The molecule has 1 N–H and O–H groups in total. The molecule has 31 heavy (non-hydrogen) atoms. The molecule has 0 unspecified atom stereocenters. The Hall–Kier alpha value is -3.04. The Bertz CT molecular complexity index is 1290. The molecule has 3 aromatic rings. The van der Waals surface area contributed by atoms with E-state index in [9.17, 15) is 18.0 Å². The molecule has 0 saturated carbocycles. The zero-order valence-corrected chi connectivity index (χ0v) is 18.2. The summed E-state index contributed by atoms with van der Waals surface area (Å²) in [5.41, 5.74) is 0.279. The van der Waals surface area contributed by atoms with Crippen molar-refractivity contribution in [2.75, 3.05) is 18.4 Å². The molecule has 0 atom stereocenters. The fourth-order valence-corrected chi connectivity index (χ4v) is 5.21. The molecule has 162 valence electrons. The SMILES string of the molecule is CC1CCN(S(=O)(=O)c2ccc(NC(=O)c3nn(C)c(=O)c4ccccc34)cc2)CC1. The third-order valence-electron chi connectivity index (χ3n) is 5.66. The van der Waals surface area contributed by atoms with Crippen molar-refractivity contribution in [3.05, 3.63) is 64.6 Å². The van der Waals surface area contributed by atoms with Gasteiger partial charge in [-0.15, -0.1) is 0 Å². The van der Waals surface area contributed by atoms with Gasteiger partial charge in [-0.1, -0.05) is 25.1 Å². The predicted molar refractivity (Wildman–Crippen MR) is 119 cm³/mol. The molecule has 4 rings (SSSR count). The topological polar surface area (TPSA) is 101 Å². The van der Waals surface area contributed by atoms with Crippen LogP contribution in [0, 0.1) is 5.92 Å². The molecule has 1 aliphatic rings. The number of amides is 1. The third kappa shape index (κ3) is 4.11. The molecule has 8 nitrogen and oxygen atoms in total. The highest BCUT2D eigenvalue weighted by molar-refractivity contribution is 7.89. The van der Waals surface area contributed by atoms with Gasteiger partial charge in [0.05, 0.1) is 10.3 Å². The lowest BCUT2D eigenvalue weighted by molar-refractivity contribution is 0.102. The Morgan fingerprint density at radius 3 is 2.29 bits per heavy atom. The zero-order chi connectivity index (χ0) is 22.2. The van der Waals surface area contributed by atoms with Crippen molar-refractivity contribution in [2.24, 2.45) is 13.0 Å². The van der Waals surface area contributed by atoms with Crippen molar-refractivity contribution in [1.82, 2.24) is 14.1 Å². The molecule has 1 aliphatic heterocycles. The van der Waals surface area contributed by atoms with Crippen LogP contribution in [0.1, 0.15) is 30.3 Å². The molecule has 2 heterocycles. The van der Waals surface area contributed by atoms with Crippen molar-refractivity contribution in [3.8, 4) is 0 Å². The number of carbonyl (C=O) groups is 1. The lowest BCUT2D eigenvalue weighted by Gasteiger charge is -2.29. The molecule has 1 saturated heterocycles. The Morgan fingerprint density at radius 2 is 1.65 bits per heavy atom. The van der Waals surface area contributed by atoms with Crippen molar-refractivity contribution in [3.63, 3.8) is 0 Å². The van der Waals surface area contributed by atoms with Gasteiger partial charge in [0.1, 0.15) is 0 Å². The van der Waals surface area contributed by atoms with Crippen LogP contribution in [0.3, 0.4) is 0 Å². The third-order valence-corrected chi connectivity index (χ3v) is 7.58. The van der Waals surface area contributed by atoms with Gasteiger partial charge in [0, 0.05) is 31.2 Å². The number of benzene rings is 2. The first-order valence-electron chi connectivity index (χ1n) is 10.1. The predicted octanol–water partition coefficient (Wildman–Crippen LogP) is 2.61. The normalized spacial score (nSPS) is 15.8. The van der Waals surface area contributed by atoms with E-state index < -0.39 is 15.9 Å². The summed E-state index contributed by atoms with van der Waals surface area (Å²) in [7, 11) is -2.06. The number of sulfonamides is 1. The number of rotatable bonds is 4. The van der Waals surface area contributed by atoms with Gasteiger partial charge in [0.2, 0.25) is 10.0 Å². The van der Waals surface area contributed by atoms with Crippen LogP contribution >= 0.6 is 0 Å². The highest BCUT2D eigenvalue weighted by Crippen LogP contribution is 2.24. The van der Waals surface area contributed by atoms with E-state index in [0.29, 0.717) is 35.5 Å². The highest BCUT2D eigenvalue weighted by Gasteiger charge is 2.28. The van der Waals surface area contributed by atoms with Gasteiger partial charge in [-0.2, -0.15) is 9.40 Å². The molecule has 9 heteroatoms. The molecule has 0 aliphatic carbocycles. The maximum absolute atomic E-state index is 12.9. The van der Waals surface area contributed by atoms with E-state index in [0.717, 1.165) is 17.5 Å². The lowest BCUT2D eigenvalue weighted by Crippen LogP contribution is -2.37. The van der Waals surface area contributed by atoms with Gasteiger partial charge < -0.3 is 5.32 Å². The quantitative estimate of drug-likeness (QED) is 0.672. The number of carbonyl (C=O) groups excluding carboxylic acids is 1. The molecule has 1 amide bonds. The minimum atomic E-state index is -3.55. The van der Waals surface area contributed by atoms with Crippen molar-refractivity contribution in [1.29, 1.82) is 0 Å². The van der Waals surface area contributed by atoms with Crippen LogP contribution in [0.15, 0.2) is 58.2 Å². The average molecular weight is 441 g/mol. The van der Waals surface area contributed by atoms with Gasteiger partial charge in [-0.25, -0.2) is 13.1 Å². The highest BCUT2D eigenvalue weighted by atomic mass is 32.2. The maximum Gasteiger partial charge on any atom is 0.276 e. The number of anilines is 1. The van der Waals surface area contributed by atoms with Gasteiger partial charge >= 0.3 is 0 Å². The first kappa shape index (κ1) is 21.2. The maximum atomic E-state index is 12.9. The Labute approximate surface area is 180 Å². The average Bonchev–Trinajstić information content (AvgIpc) is 2.77. The van der Waals surface area contributed by atoms with Crippen LogP contribution in [0.2, 0.25) is 0 Å². The number of piperidine rings is 1. The molecule has 2 aromatic carbocycles. The Balaban J connectivity index is 1.56. The second-order valence-corrected chi connectivity index (χ2v) is 9.83. The summed E-state index contributed by atoms with van der Waals surface area (Å²) in [6.07, 6.45) is 1.71. The summed E-state index contributed by atoms with van der Waals surface area (Å²) >= 11 is 0. The smallest absolute Gasteiger partial charge is 0.276 e. The fourth-order valence-electron chi connectivity index (χ4n) is 3.74. The Kier molecular flexibility index (Phi) is 5.63. The number of fused-ring (bicyclic) bond motifs is 1. The van der Waals surface area contributed by atoms with Crippen molar-refractivity contribution < 1.29 is 13.2 Å². The number of nitrogens with one attached hydrogen (secondary N) is 1.